The lowest BCUT2D eigenvalue weighted by Gasteiger charge is -2.14. The van der Waals surface area contributed by atoms with E-state index in [1.165, 1.54) is 0 Å². The summed E-state index contributed by atoms with van der Waals surface area (Å²) in [6, 6.07) is 0. The topological polar surface area (TPSA) is 66.0 Å². The summed E-state index contributed by atoms with van der Waals surface area (Å²) in [5.74, 6) is 0.387. The van der Waals surface area contributed by atoms with Gasteiger partial charge in [-0.2, -0.15) is 0 Å². The molecule has 0 radical (unpaired) electrons. The first kappa shape index (κ1) is 12.2. The molecule has 0 amide bonds. The second-order valence-electron chi connectivity index (χ2n) is 4.04. The van der Waals surface area contributed by atoms with Crippen LogP contribution in [0, 0.1) is 5.92 Å². The third-order valence-corrected chi connectivity index (χ3v) is 2.53. The molecular formula is C10H15BrN2O2. The van der Waals surface area contributed by atoms with Gasteiger partial charge in [-0.15, -0.1) is 0 Å². The highest BCUT2D eigenvalue weighted by Gasteiger charge is 2.19. The number of aromatic amines is 1. The second kappa shape index (κ2) is 5.30. The maximum absolute atomic E-state index is 10.7. The quantitative estimate of drug-likeness (QED) is 0.868. The zero-order valence-electron chi connectivity index (χ0n) is 8.83. The molecule has 0 fully saturated rings. The van der Waals surface area contributed by atoms with E-state index in [0.717, 1.165) is 16.8 Å². The van der Waals surface area contributed by atoms with Gasteiger partial charge in [0.15, 0.2) is 0 Å². The SMILES string of the molecule is CC(C)CC(CC(=O)O)c1ncc(Br)[nH]1. The Balaban J connectivity index is 2.75. The van der Waals surface area contributed by atoms with Crippen molar-refractivity contribution in [3.63, 3.8) is 0 Å². The molecule has 1 aromatic heterocycles. The van der Waals surface area contributed by atoms with Crippen molar-refractivity contribution in [2.75, 3.05) is 0 Å². The first-order chi connectivity index (χ1) is 6.99. The molecule has 0 saturated carbocycles. The molecule has 1 rings (SSSR count). The van der Waals surface area contributed by atoms with Gasteiger partial charge in [-0.25, -0.2) is 4.98 Å². The smallest absolute Gasteiger partial charge is 0.304 e. The highest BCUT2D eigenvalue weighted by Crippen LogP contribution is 2.25. The van der Waals surface area contributed by atoms with Gasteiger partial charge < -0.3 is 10.1 Å². The predicted octanol–water partition coefficient (Wildman–Crippen LogP) is 2.78. The number of hydrogen-bond acceptors (Lipinski definition) is 2. The van der Waals surface area contributed by atoms with Gasteiger partial charge in [0.2, 0.25) is 0 Å². The van der Waals surface area contributed by atoms with Crippen molar-refractivity contribution in [3.05, 3.63) is 16.6 Å². The van der Waals surface area contributed by atoms with Crippen molar-refractivity contribution in [2.24, 2.45) is 5.92 Å². The number of carbonyl (C=O) groups is 1. The fourth-order valence-corrected chi connectivity index (χ4v) is 1.90. The molecule has 0 bridgehead atoms. The number of H-pyrrole nitrogens is 1. The first-order valence-corrected chi connectivity index (χ1v) is 5.70. The summed E-state index contributed by atoms with van der Waals surface area (Å²) in [6.07, 6.45) is 2.61. The number of nitrogens with zero attached hydrogens (tertiary/aromatic N) is 1. The number of carboxylic acid groups (broad SMARTS) is 1. The number of aliphatic carboxylic acids is 1. The zero-order valence-corrected chi connectivity index (χ0v) is 10.4. The molecule has 2 N–H and O–H groups in total. The van der Waals surface area contributed by atoms with E-state index < -0.39 is 5.97 Å². The number of imidazole rings is 1. The second-order valence-corrected chi connectivity index (χ2v) is 4.90. The van der Waals surface area contributed by atoms with Crippen LogP contribution >= 0.6 is 15.9 Å². The average Bonchev–Trinajstić information content (AvgIpc) is 2.48. The van der Waals surface area contributed by atoms with Crippen molar-refractivity contribution in [1.29, 1.82) is 0 Å². The Morgan fingerprint density at radius 3 is 2.73 bits per heavy atom. The standard InChI is InChI=1S/C10H15BrN2O2/c1-6(2)3-7(4-9(14)15)10-12-5-8(11)13-10/h5-7H,3-4H2,1-2H3,(H,12,13)(H,14,15). The van der Waals surface area contributed by atoms with Gasteiger partial charge in [0.05, 0.1) is 12.6 Å². The van der Waals surface area contributed by atoms with Gasteiger partial charge in [-0.3, -0.25) is 4.79 Å². The van der Waals surface area contributed by atoms with Crippen LogP contribution in [0.2, 0.25) is 0 Å². The highest BCUT2D eigenvalue weighted by atomic mass is 79.9. The van der Waals surface area contributed by atoms with Crippen LogP contribution in [0.15, 0.2) is 10.8 Å². The number of aromatic nitrogens is 2. The molecule has 0 aromatic carbocycles. The van der Waals surface area contributed by atoms with Gasteiger partial charge in [0.25, 0.3) is 0 Å². The summed E-state index contributed by atoms with van der Waals surface area (Å²) in [5, 5.41) is 8.81. The van der Waals surface area contributed by atoms with Crippen LogP contribution in [0.5, 0.6) is 0 Å². The molecule has 15 heavy (non-hydrogen) atoms. The van der Waals surface area contributed by atoms with Crippen molar-refractivity contribution in [1.82, 2.24) is 9.97 Å². The monoisotopic (exact) mass is 274 g/mol. The van der Waals surface area contributed by atoms with Gasteiger partial charge in [0, 0.05) is 5.92 Å². The molecule has 84 valence electrons. The van der Waals surface area contributed by atoms with E-state index in [1.54, 1.807) is 6.20 Å². The summed E-state index contributed by atoms with van der Waals surface area (Å²) in [7, 11) is 0. The molecule has 1 atom stereocenters. The van der Waals surface area contributed by atoms with Crippen LogP contribution in [0.1, 0.15) is 38.4 Å². The van der Waals surface area contributed by atoms with Crippen LogP contribution < -0.4 is 0 Å². The van der Waals surface area contributed by atoms with Crippen LogP contribution in [0.4, 0.5) is 0 Å². The zero-order chi connectivity index (χ0) is 11.4. The van der Waals surface area contributed by atoms with Crippen LogP contribution in [-0.2, 0) is 4.79 Å². The van der Waals surface area contributed by atoms with Crippen molar-refractivity contribution in [3.8, 4) is 0 Å². The van der Waals surface area contributed by atoms with Crippen LogP contribution in [-0.4, -0.2) is 21.0 Å². The van der Waals surface area contributed by atoms with Crippen molar-refractivity contribution in [2.45, 2.75) is 32.6 Å². The molecule has 1 heterocycles. The highest BCUT2D eigenvalue weighted by molar-refractivity contribution is 9.10. The van der Waals surface area contributed by atoms with Gasteiger partial charge in [-0.1, -0.05) is 13.8 Å². The third-order valence-electron chi connectivity index (χ3n) is 2.13. The Hall–Kier alpha value is -0.840. The van der Waals surface area contributed by atoms with E-state index >= 15 is 0 Å². The van der Waals surface area contributed by atoms with E-state index in [-0.39, 0.29) is 12.3 Å². The Bertz CT molecular complexity index is 336. The lowest BCUT2D eigenvalue weighted by atomic mass is 9.93. The summed E-state index contributed by atoms with van der Waals surface area (Å²) in [4.78, 5) is 17.9. The number of nitrogens with one attached hydrogen (secondary N) is 1. The number of hydrogen-bond donors (Lipinski definition) is 2. The predicted molar refractivity (Wildman–Crippen MR) is 60.7 cm³/mol. The molecule has 0 aliphatic rings. The van der Waals surface area contributed by atoms with Gasteiger partial charge in [-0.05, 0) is 28.3 Å². The average molecular weight is 275 g/mol. The fourth-order valence-electron chi connectivity index (χ4n) is 1.59. The molecular weight excluding hydrogens is 260 g/mol. The maximum atomic E-state index is 10.7. The fraction of sp³-hybridized carbons (Fsp3) is 0.600. The van der Waals surface area contributed by atoms with E-state index in [4.69, 9.17) is 5.11 Å². The number of carboxylic acids is 1. The molecule has 0 aliphatic carbocycles. The Kier molecular flexibility index (Phi) is 4.32. The molecule has 1 unspecified atom stereocenters. The van der Waals surface area contributed by atoms with E-state index in [9.17, 15) is 4.79 Å². The molecule has 0 saturated heterocycles. The van der Waals surface area contributed by atoms with Crippen molar-refractivity contribution >= 4 is 21.9 Å². The number of rotatable bonds is 5. The first-order valence-electron chi connectivity index (χ1n) is 4.91. The minimum atomic E-state index is -0.784. The minimum absolute atomic E-state index is 0.0335. The lowest BCUT2D eigenvalue weighted by Crippen LogP contribution is -2.10. The Morgan fingerprint density at radius 1 is 1.67 bits per heavy atom. The van der Waals surface area contributed by atoms with E-state index in [0.29, 0.717) is 5.92 Å². The largest absolute Gasteiger partial charge is 0.481 e. The van der Waals surface area contributed by atoms with E-state index in [2.05, 4.69) is 39.7 Å². The minimum Gasteiger partial charge on any atom is -0.481 e. The molecule has 4 nitrogen and oxygen atoms in total. The molecule has 5 heteroatoms. The summed E-state index contributed by atoms with van der Waals surface area (Å²) in [6.45, 7) is 4.15. The summed E-state index contributed by atoms with van der Waals surface area (Å²) >= 11 is 3.27. The van der Waals surface area contributed by atoms with Gasteiger partial charge in [0.1, 0.15) is 10.4 Å². The molecule has 0 spiro atoms. The van der Waals surface area contributed by atoms with Crippen molar-refractivity contribution < 1.29 is 9.90 Å². The lowest BCUT2D eigenvalue weighted by molar-refractivity contribution is -0.137. The third kappa shape index (κ3) is 4.03. The summed E-state index contributed by atoms with van der Waals surface area (Å²) in [5.41, 5.74) is 0. The molecule has 0 aliphatic heterocycles. The Morgan fingerprint density at radius 2 is 2.33 bits per heavy atom. The normalized spacial score (nSPS) is 13.1. The van der Waals surface area contributed by atoms with E-state index in [1.807, 2.05) is 0 Å². The molecule has 1 aromatic rings. The van der Waals surface area contributed by atoms with Gasteiger partial charge >= 0.3 is 5.97 Å². The number of halogens is 1. The Labute approximate surface area is 97.2 Å². The van der Waals surface area contributed by atoms with Crippen LogP contribution in [0.25, 0.3) is 0 Å². The maximum Gasteiger partial charge on any atom is 0.304 e. The van der Waals surface area contributed by atoms with Crippen LogP contribution in [0.3, 0.4) is 0 Å². The summed E-state index contributed by atoms with van der Waals surface area (Å²) < 4.78 is 0.789.